The number of phenolic OH excluding ortho intramolecular Hbond substituents is 2. The van der Waals surface area contributed by atoms with Crippen LogP contribution in [0.5, 0.6) is 17.2 Å². The Morgan fingerprint density at radius 2 is 1.14 bits per heavy atom. The van der Waals surface area contributed by atoms with E-state index >= 15 is 0 Å². The Morgan fingerprint density at radius 3 is 1.49 bits per heavy atom. The second kappa shape index (κ2) is 12.1. The molecule has 3 aromatic rings. The van der Waals surface area contributed by atoms with Gasteiger partial charge < -0.3 is 20.4 Å². The number of hydrogen-bond donors (Lipinski definition) is 4. The fraction of sp³-hybridized carbons (Fsp3) is 0.0500. The van der Waals surface area contributed by atoms with E-state index in [0.29, 0.717) is 12.1 Å². The predicted octanol–water partition coefficient (Wildman–Crippen LogP) is 7.52. The Labute approximate surface area is 236 Å². The number of aromatic carboxylic acids is 1. The van der Waals surface area contributed by atoms with Crippen LogP contribution in [-0.4, -0.2) is 36.2 Å². The molecule has 0 fully saturated rings. The third kappa shape index (κ3) is 6.69. The molecule has 0 saturated carbocycles. The third-order valence-electron chi connectivity index (χ3n) is 4.55. The van der Waals surface area contributed by atoms with Crippen LogP contribution in [0.15, 0.2) is 24.3 Å². The van der Waals surface area contributed by atoms with Crippen molar-refractivity contribution < 1.29 is 35.1 Å². The molecule has 3 rings (SSSR count). The predicted molar refractivity (Wildman–Crippen MR) is 137 cm³/mol. The Balaban J connectivity index is 0.000000271. The van der Waals surface area contributed by atoms with Crippen molar-refractivity contribution in [3.8, 4) is 17.2 Å². The van der Waals surface area contributed by atoms with E-state index in [0.717, 1.165) is 0 Å². The first-order valence-corrected chi connectivity index (χ1v) is 11.4. The van der Waals surface area contributed by atoms with Crippen LogP contribution in [0.25, 0.3) is 0 Å². The number of nitro groups is 2. The molecule has 0 amide bonds. The first-order chi connectivity index (χ1) is 17.1. The summed E-state index contributed by atoms with van der Waals surface area (Å²) in [6, 6.07) is 3.67. The van der Waals surface area contributed by atoms with Gasteiger partial charge >= 0.3 is 11.7 Å². The number of benzene rings is 3. The van der Waals surface area contributed by atoms with Gasteiger partial charge in [0.25, 0.3) is 5.69 Å². The highest BCUT2D eigenvalue weighted by Crippen LogP contribution is 2.44. The van der Waals surface area contributed by atoms with Crippen LogP contribution >= 0.6 is 69.6 Å². The maximum absolute atomic E-state index is 10.6. The number of hydrogen-bond acceptors (Lipinski definition) is 8. The largest absolute Gasteiger partial charge is 0.506 e. The molecule has 0 saturated heterocycles. The first kappa shape index (κ1) is 30.3. The summed E-state index contributed by atoms with van der Waals surface area (Å²) in [4.78, 5) is 29.2. The van der Waals surface area contributed by atoms with Crippen molar-refractivity contribution >= 4 is 86.9 Å². The Morgan fingerprint density at radius 1 is 0.703 bits per heavy atom. The summed E-state index contributed by atoms with van der Waals surface area (Å²) in [5.74, 6) is -3.30. The number of non-ortho nitro benzene ring substituents is 1. The summed E-state index contributed by atoms with van der Waals surface area (Å²) in [6.07, 6.45) is -0.0457. The minimum atomic E-state index is -1.69. The minimum absolute atomic E-state index is 0.0307. The second-order valence-electron chi connectivity index (χ2n) is 6.82. The van der Waals surface area contributed by atoms with Crippen molar-refractivity contribution in [2.75, 3.05) is 0 Å². The summed E-state index contributed by atoms with van der Waals surface area (Å²) in [6.45, 7) is 0. The van der Waals surface area contributed by atoms with Gasteiger partial charge in [-0.2, -0.15) is 0 Å². The van der Waals surface area contributed by atoms with Crippen molar-refractivity contribution in [2.45, 2.75) is 6.42 Å². The first-order valence-electron chi connectivity index (χ1n) is 9.18. The smallest absolute Gasteiger partial charge is 0.340 e. The fourth-order valence-electron chi connectivity index (χ4n) is 2.78. The van der Waals surface area contributed by atoms with Crippen LogP contribution in [0.4, 0.5) is 11.4 Å². The van der Waals surface area contributed by atoms with E-state index in [1.807, 2.05) is 0 Å². The second-order valence-corrected chi connectivity index (χ2v) is 9.20. The van der Waals surface area contributed by atoms with Gasteiger partial charge in [-0.1, -0.05) is 69.6 Å². The van der Waals surface area contributed by atoms with E-state index in [1.54, 1.807) is 0 Å². The van der Waals surface area contributed by atoms with Gasteiger partial charge in [-0.05, 0) is 12.1 Å². The van der Waals surface area contributed by atoms with Crippen LogP contribution in [0.2, 0.25) is 30.1 Å². The molecule has 0 unspecified atom stereocenters. The van der Waals surface area contributed by atoms with Crippen LogP contribution < -0.4 is 0 Å². The standard InChI is InChI=1S/C13H6Cl6O2.C7H4N2O7/c14-6-2-8(16)12(20)4(10(6)18)1-5-11(19)7(15)3-9(17)13(5)21;10-6-4(7(11)12)1-3(8(13)14)2-5(6)9(15)16/h2-3,20-21H,1H2;1-2,10H,(H,11,12). The number of carboxylic acid groups (broad SMARTS) is 1. The van der Waals surface area contributed by atoms with Crippen LogP contribution in [0.3, 0.4) is 0 Å². The normalized spacial score (nSPS) is 10.4. The monoisotopic (exact) mass is 632 g/mol. The lowest BCUT2D eigenvalue weighted by molar-refractivity contribution is -0.394. The molecule has 0 aliphatic rings. The van der Waals surface area contributed by atoms with Gasteiger partial charge in [0.1, 0.15) is 17.1 Å². The molecule has 0 spiro atoms. The van der Waals surface area contributed by atoms with Gasteiger partial charge in [0.2, 0.25) is 5.75 Å². The Bertz CT molecular complexity index is 1300. The van der Waals surface area contributed by atoms with Gasteiger partial charge in [0, 0.05) is 23.6 Å². The van der Waals surface area contributed by atoms with E-state index < -0.39 is 38.5 Å². The molecule has 0 aliphatic heterocycles. The van der Waals surface area contributed by atoms with Crippen molar-refractivity contribution in [3.63, 3.8) is 0 Å². The zero-order valence-electron chi connectivity index (χ0n) is 17.5. The molecule has 17 heteroatoms. The Kier molecular flexibility index (Phi) is 9.89. The van der Waals surface area contributed by atoms with Gasteiger partial charge in [-0.25, -0.2) is 4.79 Å². The molecule has 0 heterocycles. The minimum Gasteiger partial charge on any atom is -0.506 e. The number of halogens is 6. The van der Waals surface area contributed by atoms with E-state index in [9.17, 15) is 40.3 Å². The average molecular weight is 635 g/mol. The van der Waals surface area contributed by atoms with Crippen molar-refractivity contribution in [2.24, 2.45) is 0 Å². The molecule has 0 aromatic heterocycles. The van der Waals surface area contributed by atoms with E-state index in [-0.39, 0.29) is 59.2 Å². The van der Waals surface area contributed by atoms with E-state index in [2.05, 4.69) is 0 Å². The molecule has 11 nitrogen and oxygen atoms in total. The third-order valence-corrected chi connectivity index (χ3v) is 6.78. The molecular weight excluding hydrogens is 625 g/mol. The van der Waals surface area contributed by atoms with E-state index in [1.165, 1.54) is 12.1 Å². The molecule has 3 aromatic carbocycles. The summed E-state index contributed by atoms with van der Waals surface area (Å²) >= 11 is 35.7. The van der Waals surface area contributed by atoms with Crippen molar-refractivity contribution in [3.05, 3.63) is 91.3 Å². The maximum Gasteiger partial charge on any atom is 0.340 e. The van der Waals surface area contributed by atoms with Crippen molar-refractivity contribution in [1.82, 2.24) is 0 Å². The SMILES string of the molecule is O=C(O)c1cc([N+](=O)[O-])cc([N+](=O)[O-])c1O.Oc1c(Cl)cc(Cl)c(Cl)c1Cc1c(O)c(Cl)cc(Cl)c1Cl. The van der Waals surface area contributed by atoms with E-state index in [4.69, 9.17) is 74.7 Å². The zero-order chi connectivity index (χ0) is 28.4. The zero-order valence-corrected chi connectivity index (χ0v) is 22.0. The van der Waals surface area contributed by atoms with Gasteiger partial charge in [-0.15, -0.1) is 0 Å². The van der Waals surface area contributed by atoms with Crippen LogP contribution in [0.1, 0.15) is 21.5 Å². The summed E-state index contributed by atoms with van der Waals surface area (Å²) < 4.78 is 0. The van der Waals surface area contributed by atoms with Crippen molar-refractivity contribution in [1.29, 1.82) is 0 Å². The lowest BCUT2D eigenvalue weighted by Crippen LogP contribution is -2.02. The molecular formula is C20H10Cl6N2O9. The number of carbonyl (C=O) groups is 1. The van der Waals surface area contributed by atoms with Crippen LogP contribution in [0, 0.1) is 20.2 Å². The highest BCUT2D eigenvalue weighted by molar-refractivity contribution is 6.45. The highest BCUT2D eigenvalue weighted by Gasteiger charge is 2.27. The maximum atomic E-state index is 10.6. The number of rotatable bonds is 5. The average Bonchev–Trinajstić information content (AvgIpc) is 2.81. The molecule has 37 heavy (non-hydrogen) atoms. The molecule has 196 valence electrons. The van der Waals surface area contributed by atoms with Gasteiger partial charge in [0.05, 0.1) is 46.0 Å². The number of carboxylic acids is 1. The lowest BCUT2D eigenvalue weighted by Gasteiger charge is -2.14. The topological polar surface area (TPSA) is 184 Å². The van der Waals surface area contributed by atoms with Crippen LogP contribution in [-0.2, 0) is 6.42 Å². The quantitative estimate of drug-likeness (QED) is 0.125. The molecule has 0 atom stereocenters. The number of nitrogens with zero attached hydrogens (tertiary/aromatic N) is 2. The number of phenols is 3. The number of nitro benzene ring substituents is 2. The summed E-state index contributed by atoms with van der Waals surface area (Å²) in [5.41, 5.74) is -2.26. The van der Waals surface area contributed by atoms with Gasteiger partial charge in [0.15, 0.2) is 0 Å². The molecule has 0 aliphatic carbocycles. The van der Waals surface area contributed by atoms with Gasteiger partial charge in [-0.3, -0.25) is 20.2 Å². The Hall–Kier alpha value is -2.93. The summed E-state index contributed by atoms with van der Waals surface area (Å²) in [7, 11) is 0. The molecule has 0 bridgehead atoms. The summed E-state index contributed by atoms with van der Waals surface area (Å²) in [5, 5.41) is 59.2. The molecule has 4 N–H and O–H groups in total. The number of aromatic hydroxyl groups is 3. The fourth-order valence-corrected chi connectivity index (χ4v) is 4.21. The molecule has 0 radical (unpaired) electrons. The lowest BCUT2D eigenvalue weighted by atomic mass is 10.0. The highest BCUT2D eigenvalue weighted by atomic mass is 35.5.